The first-order valence-corrected chi connectivity index (χ1v) is 10.0. The zero-order chi connectivity index (χ0) is 20.2. The average Bonchev–Trinajstić information content (AvgIpc) is 3.19. The number of para-hydroxylation sites is 1. The van der Waals surface area contributed by atoms with Crippen LogP contribution in [0.25, 0.3) is 10.9 Å². The van der Waals surface area contributed by atoms with Gasteiger partial charge in [0.2, 0.25) is 0 Å². The number of piperidine rings is 1. The van der Waals surface area contributed by atoms with Crippen LogP contribution in [0.3, 0.4) is 0 Å². The molecule has 1 aliphatic heterocycles. The Morgan fingerprint density at radius 1 is 1.03 bits per heavy atom. The first kappa shape index (κ1) is 19.1. The molecule has 29 heavy (non-hydrogen) atoms. The molecule has 0 radical (unpaired) electrons. The molecule has 0 saturated carbocycles. The molecule has 1 atom stereocenters. The van der Waals surface area contributed by atoms with E-state index in [1.165, 1.54) is 24.9 Å². The standard InChI is InChI=1S/C23H25N3O3/c1-16(29-23(28)21-15-17-7-3-4-8-20(17)25-21)22(27)24-18-9-11-19(12-10-18)26-13-5-2-6-14-26/h3-4,7-12,15-16,25H,2,5-6,13-14H2,1H3,(H,24,27)/t16-/m0/s1. The van der Waals surface area contributed by atoms with Crippen LogP contribution in [0.2, 0.25) is 0 Å². The minimum atomic E-state index is -0.907. The summed E-state index contributed by atoms with van der Waals surface area (Å²) in [5.41, 5.74) is 3.03. The molecule has 1 aromatic heterocycles. The molecule has 6 nitrogen and oxygen atoms in total. The molecule has 6 heteroatoms. The predicted molar refractivity (Wildman–Crippen MR) is 114 cm³/mol. The van der Waals surface area contributed by atoms with Crippen LogP contribution in [0.15, 0.2) is 54.6 Å². The molecule has 3 aromatic rings. The number of amides is 1. The fraction of sp³-hybridized carbons (Fsp3) is 0.304. The number of ether oxygens (including phenoxy) is 1. The number of nitrogens with one attached hydrogen (secondary N) is 2. The van der Waals surface area contributed by atoms with Crippen molar-refractivity contribution in [2.75, 3.05) is 23.3 Å². The largest absolute Gasteiger partial charge is 0.448 e. The maximum absolute atomic E-state index is 12.4. The van der Waals surface area contributed by atoms with Crippen molar-refractivity contribution < 1.29 is 14.3 Å². The fourth-order valence-electron chi connectivity index (χ4n) is 3.61. The highest BCUT2D eigenvalue weighted by atomic mass is 16.5. The van der Waals surface area contributed by atoms with Crippen molar-refractivity contribution in [3.63, 3.8) is 0 Å². The zero-order valence-electron chi connectivity index (χ0n) is 16.5. The number of nitrogens with zero attached hydrogens (tertiary/aromatic N) is 1. The van der Waals surface area contributed by atoms with E-state index in [1.807, 2.05) is 48.5 Å². The van der Waals surface area contributed by atoms with Gasteiger partial charge in [0.15, 0.2) is 6.10 Å². The molecule has 1 aliphatic rings. The summed E-state index contributed by atoms with van der Waals surface area (Å²) >= 11 is 0. The first-order valence-electron chi connectivity index (χ1n) is 10.0. The lowest BCUT2D eigenvalue weighted by Gasteiger charge is -2.28. The van der Waals surface area contributed by atoms with Crippen molar-refractivity contribution in [3.8, 4) is 0 Å². The summed E-state index contributed by atoms with van der Waals surface area (Å²) in [6, 6.07) is 17.1. The lowest BCUT2D eigenvalue weighted by Crippen LogP contribution is -2.30. The summed E-state index contributed by atoms with van der Waals surface area (Å²) in [5.74, 6) is -0.913. The molecule has 0 spiro atoms. The van der Waals surface area contributed by atoms with E-state index < -0.39 is 12.1 Å². The van der Waals surface area contributed by atoms with Gasteiger partial charge in [-0.15, -0.1) is 0 Å². The predicted octanol–water partition coefficient (Wildman–Crippen LogP) is 4.34. The number of aromatic nitrogens is 1. The summed E-state index contributed by atoms with van der Waals surface area (Å²) in [7, 11) is 0. The second-order valence-electron chi connectivity index (χ2n) is 7.40. The van der Waals surface area contributed by atoms with E-state index in [9.17, 15) is 9.59 Å². The van der Waals surface area contributed by atoms with E-state index in [-0.39, 0.29) is 5.91 Å². The van der Waals surface area contributed by atoms with Gasteiger partial charge in [-0.05, 0) is 62.6 Å². The van der Waals surface area contributed by atoms with Gasteiger partial charge in [-0.25, -0.2) is 4.79 Å². The Labute approximate surface area is 169 Å². The Morgan fingerprint density at radius 2 is 1.76 bits per heavy atom. The number of hydrogen-bond donors (Lipinski definition) is 2. The van der Waals surface area contributed by atoms with Crippen molar-refractivity contribution in [3.05, 3.63) is 60.3 Å². The van der Waals surface area contributed by atoms with Crippen LogP contribution in [-0.2, 0) is 9.53 Å². The van der Waals surface area contributed by atoms with Crippen LogP contribution in [0.5, 0.6) is 0 Å². The monoisotopic (exact) mass is 391 g/mol. The lowest BCUT2D eigenvalue weighted by molar-refractivity contribution is -0.123. The van der Waals surface area contributed by atoms with Gasteiger partial charge in [-0.3, -0.25) is 4.79 Å². The number of anilines is 2. The maximum Gasteiger partial charge on any atom is 0.355 e. The minimum Gasteiger partial charge on any atom is -0.448 e. The van der Waals surface area contributed by atoms with Crippen molar-refractivity contribution in [2.24, 2.45) is 0 Å². The van der Waals surface area contributed by atoms with Gasteiger partial charge in [-0.1, -0.05) is 18.2 Å². The fourth-order valence-corrected chi connectivity index (χ4v) is 3.61. The van der Waals surface area contributed by atoms with Crippen LogP contribution in [0.1, 0.15) is 36.7 Å². The van der Waals surface area contributed by atoms with E-state index >= 15 is 0 Å². The van der Waals surface area contributed by atoms with E-state index in [2.05, 4.69) is 15.2 Å². The molecule has 150 valence electrons. The molecule has 1 saturated heterocycles. The van der Waals surface area contributed by atoms with Crippen LogP contribution >= 0.6 is 0 Å². The number of H-pyrrole nitrogens is 1. The molecular formula is C23H25N3O3. The van der Waals surface area contributed by atoms with Gasteiger partial charge < -0.3 is 19.9 Å². The summed E-state index contributed by atoms with van der Waals surface area (Å²) < 4.78 is 5.33. The molecule has 4 rings (SSSR count). The van der Waals surface area contributed by atoms with Gasteiger partial charge in [-0.2, -0.15) is 0 Å². The third-order valence-electron chi connectivity index (χ3n) is 5.26. The van der Waals surface area contributed by atoms with Crippen LogP contribution in [0.4, 0.5) is 11.4 Å². The van der Waals surface area contributed by atoms with Gasteiger partial charge in [0, 0.05) is 35.4 Å². The Morgan fingerprint density at radius 3 is 2.48 bits per heavy atom. The number of aromatic amines is 1. The Bertz CT molecular complexity index is 971. The number of carbonyl (C=O) groups is 2. The van der Waals surface area contributed by atoms with Crippen molar-refractivity contribution in [2.45, 2.75) is 32.3 Å². The number of rotatable bonds is 5. The van der Waals surface area contributed by atoms with Gasteiger partial charge in [0.1, 0.15) is 5.69 Å². The van der Waals surface area contributed by atoms with E-state index in [1.54, 1.807) is 13.0 Å². The molecule has 1 amide bonds. The number of hydrogen-bond acceptors (Lipinski definition) is 4. The smallest absolute Gasteiger partial charge is 0.355 e. The summed E-state index contributed by atoms with van der Waals surface area (Å²) in [6.45, 7) is 3.72. The van der Waals surface area contributed by atoms with Crippen LogP contribution in [-0.4, -0.2) is 36.1 Å². The Kier molecular flexibility index (Phi) is 5.51. The highest BCUT2D eigenvalue weighted by Gasteiger charge is 2.20. The van der Waals surface area contributed by atoms with E-state index in [0.717, 1.165) is 24.0 Å². The van der Waals surface area contributed by atoms with Crippen LogP contribution < -0.4 is 10.2 Å². The second kappa shape index (κ2) is 8.39. The Hall–Kier alpha value is -3.28. The van der Waals surface area contributed by atoms with Crippen molar-refractivity contribution in [1.29, 1.82) is 0 Å². The highest BCUT2D eigenvalue weighted by Crippen LogP contribution is 2.22. The van der Waals surface area contributed by atoms with Gasteiger partial charge in [0.05, 0.1) is 0 Å². The zero-order valence-corrected chi connectivity index (χ0v) is 16.5. The average molecular weight is 391 g/mol. The molecule has 2 N–H and O–H groups in total. The third-order valence-corrected chi connectivity index (χ3v) is 5.26. The summed E-state index contributed by atoms with van der Waals surface area (Å²) in [6.07, 6.45) is 2.82. The SMILES string of the molecule is C[C@H](OC(=O)c1cc2ccccc2[nH]1)C(=O)Nc1ccc(N2CCCCC2)cc1. The number of carbonyl (C=O) groups excluding carboxylic acids is 2. The molecule has 0 bridgehead atoms. The van der Waals surface area contributed by atoms with Crippen molar-refractivity contribution >= 4 is 34.2 Å². The summed E-state index contributed by atoms with van der Waals surface area (Å²) in [4.78, 5) is 30.2. The van der Waals surface area contributed by atoms with Crippen molar-refractivity contribution in [1.82, 2.24) is 4.98 Å². The quantitative estimate of drug-likeness (QED) is 0.635. The molecule has 0 unspecified atom stereocenters. The minimum absolute atomic E-state index is 0.330. The molecule has 1 fully saturated rings. The first-order chi connectivity index (χ1) is 14.1. The van der Waals surface area contributed by atoms with Gasteiger partial charge >= 0.3 is 5.97 Å². The lowest BCUT2D eigenvalue weighted by atomic mass is 10.1. The number of esters is 1. The Balaban J connectivity index is 1.34. The van der Waals surface area contributed by atoms with Crippen LogP contribution in [0, 0.1) is 0 Å². The highest BCUT2D eigenvalue weighted by molar-refractivity contribution is 5.98. The second-order valence-corrected chi connectivity index (χ2v) is 7.40. The maximum atomic E-state index is 12.4. The normalized spacial score (nSPS) is 15.1. The number of fused-ring (bicyclic) bond motifs is 1. The molecule has 2 aromatic carbocycles. The van der Waals surface area contributed by atoms with E-state index in [0.29, 0.717) is 11.4 Å². The third kappa shape index (κ3) is 4.42. The summed E-state index contributed by atoms with van der Waals surface area (Å²) in [5, 5.41) is 3.73. The number of benzene rings is 2. The van der Waals surface area contributed by atoms with E-state index in [4.69, 9.17) is 4.74 Å². The molecular weight excluding hydrogens is 366 g/mol. The molecule has 2 heterocycles. The molecule has 0 aliphatic carbocycles. The topological polar surface area (TPSA) is 74.4 Å². The van der Waals surface area contributed by atoms with Gasteiger partial charge in [0.25, 0.3) is 5.91 Å².